The SMILES string of the molecule is CCC(CN)CC(=O)Nc1ccc(-n2ccnc2C)nc1. The Morgan fingerprint density at radius 3 is 2.76 bits per heavy atom. The molecule has 3 N–H and O–H groups in total. The molecule has 2 heterocycles. The van der Waals surface area contributed by atoms with Crippen LogP contribution in [0.25, 0.3) is 5.82 Å². The number of rotatable bonds is 6. The molecule has 1 amide bonds. The van der Waals surface area contributed by atoms with Gasteiger partial charge in [0.1, 0.15) is 11.6 Å². The first kappa shape index (κ1) is 15.2. The number of imidazole rings is 1. The Hall–Kier alpha value is -2.21. The van der Waals surface area contributed by atoms with Gasteiger partial charge in [-0.2, -0.15) is 0 Å². The second-order valence-electron chi connectivity index (χ2n) is 5.01. The zero-order valence-corrected chi connectivity index (χ0v) is 12.4. The molecule has 6 heteroatoms. The molecule has 112 valence electrons. The third-order valence-electron chi connectivity index (χ3n) is 3.49. The Labute approximate surface area is 124 Å². The van der Waals surface area contributed by atoms with Gasteiger partial charge in [0.15, 0.2) is 0 Å². The molecule has 0 saturated heterocycles. The fourth-order valence-electron chi connectivity index (χ4n) is 2.09. The number of hydrogen-bond donors (Lipinski definition) is 2. The molecule has 0 aliphatic heterocycles. The van der Waals surface area contributed by atoms with Gasteiger partial charge in [-0.3, -0.25) is 9.36 Å². The Morgan fingerprint density at radius 2 is 2.24 bits per heavy atom. The minimum Gasteiger partial charge on any atom is -0.330 e. The van der Waals surface area contributed by atoms with E-state index in [-0.39, 0.29) is 11.8 Å². The third kappa shape index (κ3) is 3.88. The monoisotopic (exact) mass is 287 g/mol. The van der Waals surface area contributed by atoms with Crippen molar-refractivity contribution >= 4 is 11.6 Å². The van der Waals surface area contributed by atoms with E-state index in [0.717, 1.165) is 18.1 Å². The molecule has 0 aromatic carbocycles. The van der Waals surface area contributed by atoms with Gasteiger partial charge in [-0.05, 0) is 31.5 Å². The molecule has 1 unspecified atom stereocenters. The van der Waals surface area contributed by atoms with E-state index in [9.17, 15) is 4.79 Å². The lowest BCUT2D eigenvalue weighted by Gasteiger charge is -2.12. The largest absolute Gasteiger partial charge is 0.330 e. The molecule has 0 spiro atoms. The van der Waals surface area contributed by atoms with Crippen molar-refractivity contribution in [2.75, 3.05) is 11.9 Å². The van der Waals surface area contributed by atoms with Gasteiger partial charge in [-0.1, -0.05) is 13.3 Å². The van der Waals surface area contributed by atoms with Gasteiger partial charge in [0, 0.05) is 18.8 Å². The number of pyridine rings is 1. The maximum atomic E-state index is 11.9. The molecule has 0 bridgehead atoms. The highest BCUT2D eigenvalue weighted by molar-refractivity contribution is 5.90. The van der Waals surface area contributed by atoms with Crippen molar-refractivity contribution in [3.63, 3.8) is 0 Å². The van der Waals surface area contributed by atoms with Crippen LogP contribution < -0.4 is 11.1 Å². The lowest BCUT2D eigenvalue weighted by Crippen LogP contribution is -2.21. The second kappa shape index (κ2) is 6.99. The van der Waals surface area contributed by atoms with Gasteiger partial charge in [0.25, 0.3) is 0 Å². The van der Waals surface area contributed by atoms with E-state index in [4.69, 9.17) is 5.73 Å². The quantitative estimate of drug-likeness (QED) is 0.849. The molecule has 0 saturated carbocycles. The first-order chi connectivity index (χ1) is 10.1. The number of hydrogen-bond acceptors (Lipinski definition) is 4. The molecule has 0 aliphatic rings. The summed E-state index contributed by atoms with van der Waals surface area (Å²) in [6.07, 6.45) is 6.57. The first-order valence-electron chi connectivity index (χ1n) is 7.10. The standard InChI is InChI=1S/C15H21N5O/c1-3-12(9-16)8-15(21)19-13-4-5-14(18-10-13)20-7-6-17-11(20)2/h4-7,10,12H,3,8-9,16H2,1-2H3,(H,19,21). The molecular weight excluding hydrogens is 266 g/mol. The normalized spacial score (nSPS) is 12.1. The molecule has 21 heavy (non-hydrogen) atoms. The number of anilines is 1. The average Bonchev–Trinajstić information content (AvgIpc) is 2.92. The van der Waals surface area contributed by atoms with Crippen molar-refractivity contribution in [3.8, 4) is 5.82 Å². The van der Waals surface area contributed by atoms with Crippen molar-refractivity contribution < 1.29 is 4.79 Å². The van der Waals surface area contributed by atoms with E-state index in [1.54, 1.807) is 12.4 Å². The summed E-state index contributed by atoms with van der Waals surface area (Å²) in [5, 5.41) is 2.85. The summed E-state index contributed by atoms with van der Waals surface area (Å²) in [7, 11) is 0. The maximum Gasteiger partial charge on any atom is 0.224 e. The minimum atomic E-state index is -0.0272. The van der Waals surface area contributed by atoms with Crippen molar-refractivity contribution in [1.82, 2.24) is 14.5 Å². The highest BCUT2D eigenvalue weighted by Gasteiger charge is 2.11. The average molecular weight is 287 g/mol. The highest BCUT2D eigenvalue weighted by Crippen LogP contribution is 2.13. The van der Waals surface area contributed by atoms with Crippen molar-refractivity contribution in [2.24, 2.45) is 11.7 Å². The van der Waals surface area contributed by atoms with Crippen LogP contribution in [-0.2, 0) is 4.79 Å². The van der Waals surface area contributed by atoms with E-state index < -0.39 is 0 Å². The number of nitrogens with two attached hydrogens (primary N) is 1. The predicted octanol–water partition coefficient (Wildman–Crippen LogP) is 1.89. The second-order valence-corrected chi connectivity index (χ2v) is 5.01. The Morgan fingerprint density at radius 1 is 1.43 bits per heavy atom. The summed E-state index contributed by atoms with van der Waals surface area (Å²) in [6.45, 7) is 4.48. The van der Waals surface area contributed by atoms with Crippen LogP contribution in [0.1, 0.15) is 25.6 Å². The van der Waals surface area contributed by atoms with Crippen LogP contribution in [0.5, 0.6) is 0 Å². The summed E-state index contributed by atoms with van der Waals surface area (Å²) in [4.78, 5) is 20.4. The van der Waals surface area contributed by atoms with Crippen molar-refractivity contribution in [1.29, 1.82) is 0 Å². The highest BCUT2D eigenvalue weighted by atomic mass is 16.1. The fourth-order valence-corrected chi connectivity index (χ4v) is 2.09. The number of amides is 1. The number of aromatic nitrogens is 3. The van der Waals surface area contributed by atoms with Gasteiger partial charge < -0.3 is 11.1 Å². The topological polar surface area (TPSA) is 85.8 Å². The number of nitrogens with zero attached hydrogens (tertiary/aromatic N) is 3. The van der Waals surface area contributed by atoms with Gasteiger partial charge >= 0.3 is 0 Å². The summed E-state index contributed by atoms with van der Waals surface area (Å²) in [6, 6.07) is 3.69. The predicted molar refractivity (Wildman–Crippen MR) is 82.2 cm³/mol. The summed E-state index contributed by atoms with van der Waals surface area (Å²) < 4.78 is 1.88. The molecule has 0 fully saturated rings. The van der Waals surface area contributed by atoms with Crippen LogP contribution in [-0.4, -0.2) is 27.0 Å². The molecular formula is C15H21N5O. The molecule has 0 radical (unpaired) electrons. The van der Waals surface area contributed by atoms with Gasteiger partial charge in [0.05, 0.1) is 11.9 Å². The number of carbonyl (C=O) groups excluding carboxylic acids is 1. The Bertz CT molecular complexity index is 586. The smallest absolute Gasteiger partial charge is 0.224 e. The fraction of sp³-hybridized carbons (Fsp3) is 0.400. The molecule has 1 atom stereocenters. The van der Waals surface area contributed by atoms with E-state index in [1.165, 1.54) is 0 Å². The van der Waals surface area contributed by atoms with Crippen LogP contribution >= 0.6 is 0 Å². The lowest BCUT2D eigenvalue weighted by atomic mass is 10.0. The Balaban J connectivity index is 2.00. The molecule has 0 aliphatic carbocycles. The van der Waals surface area contributed by atoms with Crippen LogP contribution in [0.3, 0.4) is 0 Å². The zero-order valence-electron chi connectivity index (χ0n) is 12.4. The number of nitrogens with one attached hydrogen (secondary N) is 1. The van der Waals surface area contributed by atoms with Crippen molar-refractivity contribution in [2.45, 2.75) is 26.7 Å². The van der Waals surface area contributed by atoms with Crippen LogP contribution in [0.15, 0.2) is 30.7 Å². The van der Waals surface area contributed by atoms with Gasteiger partial charge in [-0.25, -0.2) is 9.97 Å². The Kier molecular flexibility index (Phi) is 5.05. The summed E-state index contributed by atoms with van der Waals surface area (Å²) in [5.74, 6) is 1.84. The van der Waals surface area contributed by atoms with E-state index in [0.29, 0.717) is 18.7 Å². The zero-order chi connectivity index (χ0) is 15.2. The summed E-state index contributed by atoms with van der Waals surface area (Å²) >= 11 is 0. The third-order valence-corrected chi connectivity index (χ3v) is 3.49. The van der Waals surface area contributed by atoms with E-state index >= 15 is 0 Å². The van der Waals surface area contributed by atoms with Crippen LogP contribution in [0.4, 0.5) is 5.69 Å². The molecule has 2 rings (SSSR count). The number of carbonyl (C=O) groups is 1. The molecule has 2 aromatic rings. The number of aryl methyl sites for hydroxylation is 1. The first-order valence-corrected chi connectivity index (χ1v) is 7.10. The van der Waals surface area contributed by atoms with Crippen LogP contribution in [0.2, 0.25) is 0 Å². The minimum absolute atomic E-state index is 0.0272. The maximum absolute atomic E-state index is 11.9. The summed E-state index contributed by atoms with van der Waals surface area (Å²) in [5.41, 5.74) is 6.30. The van der Waals surface area contributed by atoms with E-state index in [2.05, 4.69) is 15.3 Å². The van der Waals surface area contributed by atoms with Gasteiger partial charge in [0.2, 0.25) is 5.91 Å². The van der Waals surface area contributed by atoms with Gasteiger partial charge in [-0.15, -0.1) is 0 Å². The van der Waals surface area contributed by atoms with Crippen LogP contribution in [0, 0.1) is 12.8 Å². The lowest BCUT2D eigenvalue weighted by molar-refractivity contribution is -0.117. The molecule has 6 nitrogen and oxygen atoms in total. The molecule has 2 aromatic heterocycles. The van der Waals surface area contributed by atoms with E-state index in [1.807, 2.05) is 36.7 Å². The van der Waals surface area contributed by atoms with Crippen molar-refractivity contribution in [3.05, 3.63) is 36.5 Å².